The second-order valence-electron chi connectivity index (χ2n) is 3.34. The van der Waals surface area contributed by atoms with Crippen molar-refractivity contribution in [1.29, 1.82) is 0 Å². The van der Waals surface area contributed by atoms with Gasteiger partial charge in [0.15, 0.2) is 0 Å². The van der Waals surface area contributed by atoms with Crippen LogP contribution in [0.1, 0.15) is 5.56 Å². The molecule has 76 valence electrons. The van der Waals surface area contributed by atoms with E-state index in [1.165, 1.54) is 0 Å². The molecule has 0 spiro atoms. The van der Waals surface area contributed by atoms with Gasteiger partial charge in [-0.1, -0.05) is 24.8 Å². The first-order valence-electron chi connectivity index (χ1n) is 4.54. The number of furan rings is 1. The molecule has 0 atom stereocenters. The SMILES string of the molecule is C=C(Cc1coc2ccccc12)C(=O)O. The highest BCUT2D eigenvalue weighted by atomic mass is 16.4. The summed E-state index contributed by atoms with van der Waals surface area (Å²) in [5.41, 5.74) is 1.80. The largest absolute Gasteiger partial charge is 0.478 e. The first-order chi connectivity index (χ1) is 7.18. The first-order valence-corrected chi connectivity index (χ1v) is 4.54. The summed E-state index contributed by atoms with van der Waals surface area (Å²) in [7, 11) is 0. The smallest absolute Gasteiger partial charge is 0.331 e. The average molecular weight is 202 g/mol. The maximum absolute atomic E-state index is 10.6. The summed E-state index contributed by atoms with van der Waals surface area (Å²) < 4.78 is 5.30. The molecule has 1 N–H and O–H groups in total. The fourth-order valence-corrected chi connectivity index (χ4v) is 1.48. The Bertz CT molecular complexity index is 522. The molecule has 2 rings (SSSR count). The highest BCUT2D eigenvalue weighted by Crippen LogP contribution is 2.22. The summed E-state index contributed by atoms with van der Waals surface area (Å²) in [6.45, 7) is 3.49. The minimum absolute atomic E-state index is 0.168. The monoisotopic (exact) mass is 202 g/mol. The third-order valence-corrected chi connectivity index (χ3v) is 2.27. The molecule has 0 radical (unpaired) electrons. The van der Waals surface area contributed by atoms with Crippen molar-refractivity contribution in [2.75, 3.05) is 0 Å². The van der Waals surface area contributed by atoms with Gasteiger partial charge in [0, 0.05) is 22.9 Å². The summed E-state index contributed by atoms with van der Waals surface area (Å²) in [6.07, 6.45) is 1.89. The van der Waals surface area contributed by atoms with Gasteiger partial charge in [0.2, 0.25) is 0 Å². The predicted molar refractivity (Wildman–Crippen MR) is 56.7 cm³/mol. The molecule has 0 fully saturated rings. The minimum Gasteiger partial charge on any atom is -0.478 e. The minimum atomic E-state index is -0.972. The highest BCUT2D eigenvalue weighted by molar-refractivity contribution is 5.88. The molecule has 0 amide bonds. The van der Waals surface area contributed by atoms with Crippen LogP contribution in [-0.2, 0) is 11.2 Å². The Morgan fingerprint density at radius 1 is 1.40 bits per heavy atom. The van der Waals surface area contributed by atoms with Gasteiger partial charge >= 0.3 is 5.97 Å². The lowest BCUT2D eigenvalue weighted by molar-refractivity contribution is -0.132. The van der Waals surface area contributed by atoms with E-state index in [9.17, 15) is 4.79 Å². The van der Waals surface area contributed by atoms with Crippen molar-refractivity contribution in [3.05, 3.63) is 48.2 Å². The summed E-state index contributed by atoms with van der Waals surface area (Å²) in [4.78, 5) is 10.6. The molecule has 15 heavy (non-hydrogen) atoms. The van der Waals surface area contributed by atoms with Crippen molar-refractivity contribution in [1.82, 2.24) is 0 Å². The van der Waals surface area contributed by atoms with Crippen molar-refractivity contribution >= 4 is 16.9 Å². The zero-order valence-corrected chi connectivity index (χ0v) is 8.06. The standard InChI is InChI=1S/C12H10O3/c1-8(12(13)14)6-9-7-15-11-5-3-2-4-10(9)11/h2-5,7H,1,6H2,(H,13,14). The molecule has 1 aromatic heterocycles. The Balaban J connectivity index is 2.37. The van der Waals surface area contributed by atoms with Gasteiger partial charge in [-0.25, -0.2) is 4.79 Å². The second-order valence-corrected chi connectivity index (χ2v) is 3.34. The van der Waals surface area contributed by atoms with Crippen LogP contribution in [0.5, 0.6) is 0 Å². The Labute approximate surface area is 86.6 Å². The topological polar surface area (TPSA) is 50.4 Å². The Morgan fingerprint density at radius 2 is 2.13 bits per heavy atom. The molecule has 0 bridgehead atoms. The molecular formula is C12H10O3. The number of carboxylic acids is 1. The quantitative estimate of drug-likeness (QED) is 0.778. The maximum Gasteiger partial charge on any atom is 0.331 e. The average Bonchev–Trinajstić information content (AvgIpc) is 2.62. The Morgan fingerprint density at radius 3 is 2.87 bits per heavy atom. The van der Waals surface area contributed by atoms with Gasteiger partial charge in [0.05, 0.1) is 6.26 Å². The number of fused-ring (bicyclic) bond motifs is 1. The fraction of sp³-hybridized carbons (Fsp3) is 0.0833. The van der Waals surface area contributed by atoms with Crippen LogP contribution in [0.3, 0.4) is 0 Å². The molecule has 3 heteroatoms. The third-order valence-electron chi connectivity index (χ3n) is 2.27. The lowest BCUT2D eigenvalue weighted by Crippen LogP contribution is -2.01. The molecule has 0 saturated carbocycles. The van der Waals surface area contributed by atoms with Crippen LogP contribution in [0.4, 0.5) is 0 Å². The summed E-state index contributed by atoms with van der Waals surface area (Å²) in [5, 5.41) is 9.67. The molecular weight excluding hydrogens is 192 g/mol. The van der Waals surface area contributed by atoms with Crippen molar-refractivity contribution in [3.63, 3.8) is 0 Å². The van der Waals surface area contributed by atoms with Crippen LogP contribution in [0.2, 0.25) is 0 Å². The molecule has 3 nitrogen and oxygen atoms in total. The third kappa shape index (κ3) is 1.76. The summed E-state index contributed by atoms with van der Waals surface area (Å²) in [6, 6.07) is 7.53. The zero-order chi connectivity index (χ0) is 10.8. The van der Waals surface area contributed by atoms with Crippen molar-refractivity contribution in [2.45, 2.75) is 6.42 Å². The molecule has 2 aromatic rings. The first kappa shape index (κ1) is 9.52. The van der Waals surface area contributed by atoms with E-state index in [-0.39, 0.29) is 5.57 Å². The van der Waals surface area contributed by atoms with E-state index in [4.69, 9.17) is 9.52 Å². The van der Waals surface area contributed by atoms with E-state index in [2.05, 4.69) is 6.58 Å². The van der Waals surface area contributed by atoms with Crippen LogP contribution < -0.4 is 0 Å². The highest BCUT2D eigenvalue weighted by Gasteiger charge is 2.10. The molecule has 0 unspecified atom stereocenters. The van der Waals surface area contributed by atoms with Crippen LogP contribution in [0, 0.1) is 0 Å². The van der Waals surface area contributed by atoms with Crippen LogP contribution in [0.25, 0.3) is 11.0 Å². The number of aliphatic carboxylic acids is 1. The van der Waals surface area contributed by atoms with Gasteiger partial charge < -0.3 is 9.52 Å². The number of para-hydroxylation sites is 1. The number of rotatable bonds is 3. The van der Waals surface area contributed by atoms with Crippen molar-refractivity contribution in [2.24, 2.45) is 0 Å². The molecule has 0 aliphatic heterocycles. The number of hydrogen-bond donors (Lipinski definition) is 1. The van der Waals surface area contributed by atoms with Crippen LogP contribution in [0.15, 0.2) is 47.1 Å². The van der Waals surface area contributed by atoms with Gasteiger partial charge in [0.25, 0.3) is 0 Å². The second kappa shape index (κ2) is 3.61. The van der Waals surface area contributed by atoms with E-state index >= 15 is 0 Å². The van der Waals surface area contributed by atoms with Crippen molar-refractivity contribution in [3.8, 4) is 0 Å². The lowest BCUT2D eigenvalue weighted by atomic mass is 10.1. The summed E-state index contributed by atoms with van der Waals surface area (Å²) >= 11 is 0. The van der Waals surface area contributed by atoms with E-state index < -0.39 is 5.97 Å². The molecule has 1 aromatic carbocycles. The Hall–Kier alpha value is -2.03. The van der Waals surface area contributed by atoms with Gasteiger partial charge in [-0.3, -0.25) is 0 Å². The summed E-state index contributed by atoms with van der Waals surface area (Å²) in [5.74, 6) is -0.972. The number of carbonyl (C=O) groups is 1. The number of hydrogen-bond acceptors (Lipinski definition) is 2. The van der Waals surface area contributed by atoms with Crippen LogP contribution in [-0.4, -0.2) is 11.1 Å². The predicted octanol–water partition coefficient (Wildman–Crippen LogP) is 2.62. The Kier molecular flexibility index (Phi) is 2.29. The molecule has 0 aliphatic rings. The lowest BCUT2D eigenvalue weighted by Gasteiger charge is -1.97. The van der Waals surface area contributed by atoms with E-state index in [1.54, 1.807) is 6.26 Å². The van der Waals surface area contributed by atoms with E-state index in [0.29, 0.717) is 6.42 Å². The molecule has 1 heterocycles. The normalized spacial score (nSPS) is 10.4. The zero-order valence-electron chi connectivity index (χ0n) is 8.06. The van der Waals surface area contributed by atoms with Crippen molar-refractivity contribution < 1.29 is 14.3 Å². The molecule has 0 saturated heterocycles. The maximum atomic E-state index is 10.6. The number of carboxylic acid groups (broad SMARTS) is 1. The fourth-order valence-electron chi connectivity index (χ4n) is 1.48. The van der Waals surface area contributed by atoms with Gasteiger partial charge in [0.1, 0.15) is 5.58 Å². The van der Waals surface area contributed by atoms with E-state index in [0.717, 1.165) is 16.5 Å². The van der Waals surface area contributed by atoms with E-state index in [1.807, 2.05) is 24.3 Å². The van der Waals surface area contributed by atoms with Gasteiger partial charge in [-0.15, -0.1) is 0 Å². The van der Waals surface area contributed by atoms with Gasteiger partial charge in [-0.2, -0.15) is 0 Å². The number of benzene rings is 1. The molecule has 0 aliphatic carbocycles. The van der Waals surface area contributed by atoms with Crippen LogP contribution >= 0.6 is 0 Å². The van der Waals surface area contributed by atoms with Gasteiger partial charge in [-0.05, 0) is 6.07 Å².